The summed E-state index contributed by atoms with van der Waals surface area (Å²) < 4.78 is 11.3. The van der Waals surface area contributed by atoms with Gasteiger partial charge in [-0.25, -0.2) is 4.79 Å². The number of carbonyl (C=O) groups excluding carboxylic acids is 2. The largest absolute Gasteiger partial charge is 0.457 e. The highest BCUT2D eigenvalue weighted by molar-refractivity contribution is 5.89. The van der Waals surface area contributed by atoms with Crippen LogP contribution in [0, 0.1) is 6.92 Å². The first kappa shape index (κ1) is 20.2. The summed E-state index contributed by atoms with van der Waals surface area (Å²) in [4.78, 5) is 28.5. The average molecular weight is 409 g/mol. The summed E-state index contributed by atoms with van der Waals surface area (Å²) in [6.45, 7) is 4.78. The lowest BCUT2D eigenvalue weighted by Gasteiger charge is -2.35. The molecule has 2 heterocycles. The molecule has 2 saturated heterocycles. The Morgan fingerprint density at radius 2 is 1.73 bits per heavy atom. The number of nitrogens with one attached hydrogen (secondary N) is 1. The van der Waals surface area contributed by atoms with E-state index in [0.29, 0.717) is 44.2 Å². The quantitative estimate of drug-likeness (QED) is 0.837. The lowest BCUT2D eigenvalue weighted by Crippen LogP contribution is -2.53. The fraction of sp³-hybridized carbons (Fsp3) is 0.391. The molecule has 0 unspecified atom stereocenters. The molecule has 7 nitrogen and oxygen atoms in total. The molecular weight excluding hydrogens is 382 g/mol. The highest BCUT2D eigenvalue weighted by Crippen LogP contribution is 2.24. The second-order valence-electron chi connectivity index (χ2n) is 7.69. The van der Waals surface area contributed by atoms with E-state index < -0.39 is 0 Å². The van der Waals surface area contributed by atoms with Gasteiger partial charge in [0.1, 0.15) is 17.6 Å². The van der Waals surface area contributed by atoms with Crippen LogP contribution in [0.5, 0.6) is 11.5 Å². The molecule has 7 heteroatoms. The summed E-state index contributed by atoms with van der Waals surface area (Å²) >= 11 is 0. The lowest BCUT2D eigenvalue weighted by molar-refractivity contribution is -0.142. The van der Waals surface area contributed by atoms with E-state index in [-0.39, 0.29) is 18.0 Å². The molecule has 0 saturated carbocycles. The average Bonchev–Trinajstić information content (AvgIpc) is 3.30. The second-order valence-corrected chi connectivity index (χ2v) is 7.69. The summed E-state index contributed by atoms with van der Waals surface area (Å²) in [6.07, 6.45) is 1.43. The minimum atomic E-state index is -0.300. The molecule has 0 bridgehead atoms. The summed E-state index contributed by atoms with van der Waals surface area (Å²) in [6, 6.07) is 15.0. The van der Waals surface area contributed by atoms with Gasteiger partial charge in [0.15, 0.2) is 0 Å². The molecule has 1 N–H and O–H groups in total. The van der Waals surface area contributed by atoms with E-state index in [0.717, 1.165) is 24.2 Å². The zero-order valence-corrected chi connectivity index (χ0v) is 17.2. The Bertz CT molecular complexity index is 886. The van der Waals surface area contributed by atoms with Crippen LogP contribution >= 0.6 is 0 Å². The zero-order valence-electron chi connectivity index (χ0n) is 17.2. The number of hydrogen-bond acceptors (Lipinski definition) is 4. The number of carbonyl (C=O) groups is 2. The molecule has 2 aliphatic rings. The SMILES string of the molecule is Cc1cccc(Oc2ccc(NC(=O)N3CCN(C(=O)[C@H]4CCCO4)CC3)cc2)c1. The monoisotopic (exact) mass is 409 g/mol. The van der Waals surface area contributed by atoms with Crippen molar-refractivity contribution in [2.45, 2.75) is 25.9 Å². The van der Waals surface area contributed by atoms with Gasteiger partial charge < -0.3 is 24.6 Å². The first-order valence-electron chi connectivity index (χ1n) is 10.4. The smallest absolute Gasteiger partial charge is 0.321 e. The van der Waals surface area contributed by atoms with Gasteiger partial charge in [-0.2, -0.15) is 0 Å². The third-order valence-electron chi connectivity index (χ3n) is 5.41. The minimum absolute atomic E-state index is 0.0526. The van der Waals surface area contributed by atoms with E-state index in [4.69, 9.17) is 9.47 Å². The van der Waals surface area contributed by atoms with E-state index in [1.54, 1.807) is 9.80 Å². The van der Waals surface area contributed by atoms with Crippen LogP contribution in [0.4, 0.5) is 10.5 Å². The van der Waals surface area contributed by atoms with Gasteiger partial charge in [0, 0.05) is 38.5 Å². The van der Waals surface area contributed by atoms with Gasteiger partial charge in [-0.1, -0.05) is 12.1 Å². The molecule has 1 atom stereocenters. The summed E-state index contributed by atoms with van der Waals surface area (Å²) in [5.74, 6) is 1.54. The molecule has 0 radical (unpaired) electrons. The number of ether oxygens (including phenoxy) is 2. The highest BCUT2D eigenvalue weighted by atomic mass is 16.5. The van der Waals surface area contributed by atoms with Crippen molar-refractivity contribution in [3.63, 3.8) is 0 Å². The Morgan fingerprint density at radius 3 is 2.40 bits per heavy atom. The predicted molar refractivity (Wildman–Crippen MR) is 114 cm³/mol. The van der Waals surface area contributed by atoms with Crippen molar-refractivity contribution in [2.24, 2.45) is 0 Å². The molecule has 158 valence electrons. The van der Waals surface area contributed by atoms with Crippen LogP contribution in [0.15, 0.2) is 48.5 Å². The Labute approximate surface area is 176 Å². The molecule has 2 aromatic rings. The Morgan fingerprint density at radius 1 is 1.00 bits per heavy atom. The topological polar surface area (TPSA) is 71.1 Å². The van der Waals surface area contributed by atoms with Gasteiger partial charge in [0.05, 0.1) is 0 Å². The number of piperazine rings is 1. The molecule has 2 aliphatic heterocycles. The van der Waals surface area contributed by atoms with E-state index in [9.17, 15) is 9.59 Å². The first-order valence-corrected chi connectivity index (χ1v) is 10.4. The van der Waals surface area contributed by atoms with Gasteiger partial charge >= 0.3 is 6.03 Å². The maximum absolute atomic E-state index is 12.6. The third kappa shape index (κ3) is 4.91. The fourth-order valence-electron chi connectivity index (χ4n) is 3.73. The molecule has 0 spiro atoms. The predicted octanol–water partition coefficient (Wildman–Crippen LogP) is 3.64. The molecule has 2 aromatic carbocycles. The molecule has 0 aromatic heterocycles. The van der Waals surface area contributed by atoms with Gasteiger partial charge in [-0.15, -0.1) is 0 Å². The van der Waals surface area contributed by atoms with Crippen LogP contribution in [-0.4, -0.2) is 60.6 Å². The number of hydrogen-bond donors (Lipinski definition) is 1. The van der Waals surface area contributed by atoms with Crippen molar-refractivity contribution in [3.05, 3.63) is 54.1 Å². The number of aryl methyl sites for hydroxylation is 1. The molecule has 3 amide bonds. The highest BCUT2D eigenvalue weighted by Gasteiger charge is 2.31. The Balaban J connectivity index is 1.26. The Hall–Kier alpha value is -3.06. The number of rotatable bonds is 4. The van der Waals surface area contributed by atoms with Crippen LogP contribution in [0.2, 0.25) is 0 Å². The summed E-state index contributed by atoms with van der Waals surface area (Å²) in [5.41, 5.74) is 1.84. The number of nitrogens with zero attached hydrogens (tertiary/aromatic N) is 2. The van der Waals surface area contributed by atoms with Crippen LogP contribution in [-0.2, 0) is 9.53 Å². The fourth-order valence-corrected chi connectivity index (χ4v) is 3.73. The van der Waals surface area contributed by atoms with E-state index >= 15 is 0 Å². The summed E-state index contributed by atoms with van der Waals surface area (Å²) in [5, 5.41) is 2.91. The Kier molecular flexibility index (Phi) is 6.18. The molecule has 30 heavy (non-hydrogen) atoms. The molecular formula is C23H27N3O4. The van der Waals surface area contributed by atoms with E-state index in [2.05, 4.69) is 5.32 Å². The molecule has 0 aliphatic carbocycles. The standard InChI is InChI=1S/C23H27N3O4/c1-17-4-2-5-20(16-17)30-19-9-7-18(8-10-19)24-23(28)26-13-11-25(12-14-26)22(27)21-6-3-15-29-21/h2,4-5,7-10,16,21H,3,6,11-15H2,1H3,(H,24,28)/t21-/m1/s1. The number of urea groups is 1. The summed E-state index contributed by atoms with van der Waals surface area (Å²) in [7, 11) is 0. The van der Waals surface area contributed by atoms with E-state index in [1.165, 1.54) is 0 Å². The number of benzene rings is 2. The van der Waals surface area contributed by atoms with Gasteiger partial charge in [-0.05, 0) is 61.7 Å². The number of anilines is 1. The first-order chi connectivity index (χ1) is 14.6. The van der Waals surface area contributed by atoms with Gasteiger partial charge in [0.2, 0.25) is 0 Å². The molecule has 4 rings (SSSR count). The van der Waals surface area contributed by atoms with Crippen molar-refractivity contribution in [3.8, 4) is 11.5 Å². The van der Waals surface area contributed by atoms with E-state index in [1.807, 2.05) is 55.5 Å². The van der Waals surface area contributed by atoms with Crippen molar-refractivity contribution in [1.29, 1.82) is 0 Å². The van der Waals surface area contributed by atoms with Crippen LogP contribution in [0.25, 0.3) is 0 Å². The van der Waals surface area contributed by atoms with Gasteiger partial charge in [-0.3, -0.25) is 4.79 Å². The normalized spacial score (nSPS) is 18.9. The molecule has 2 fully saturated rings. The van der Waals surface area contributed by atoms with Crippen molar-refractivity contribution >= 4 is 17.6 Å². The van der Waals surface area contributed by atoms with Crippen molar-refractivity contribution in [1.82, 2.24) is 9.80 Å². The zero-order chi connectivity index (χ0) is 20.9. The lowest BCUT2D eigenvalue weighted by atomic mass is 10.2. The van der Waals surface area contributed by atoms with Crippen LogP contribution in [0.1, 0.15) is 18.4 Å². The minimum Gasteiger partial charge on any atom is -0.457 e. The maximum Gasteiger partial charge on any atom is 0.321 e. The van der Waals surface area contributed by atoms with Crippen LogP contribution < -0.4 is 10.1 Å². The van der Waals surface area contributed by atoms with Crippen LogP contribution in [0.3, 0.4) is 0 Å². The van der Waals surface area contributed by atoms with Crippen molar-refractivity contribution in [2.75, 3.05) is 38.1 Å². The maximum atomic E-state index is 12.6. The number of amides is 3. The third-order valence-corrected chi connectivity index (χ3v) is 5.41. The van der Waals surface area contributed by atoms with Gasteiger partial charge in [0.25, 0.3) is 5.91 Å². The van der Waals surface area contributed by atoms with Crippen molar-refractivity contribution < 1.29 is 19.1 Å². The second kappa shape index (κ2) is 9.17.